The van der Waals surface area contributed by atoms with Gasteiger partial charge in [-0.3, -0.25) is 0 Å². The lowest BCUT2D eigenvalue weighted by molar-refractivity contribution is 0.436. The molecule has 0 saturated carbocycles. The first-order valence-electron chi connectivity index (χ1n) is 6.34. The molecular formula is C16H12Cl2N2O. The second-order valence-electron chi connectivity index (χ2n) is 4.74. The Labute approximate surface area is 132 Å². The van der Waals surface area contributed by atoms with Crippen LogP contribution < -0.4 is 5.73 Å². The van der Waals surface area contributed by atoms with Crippen LogP contribution in [0.4, 0.5) is 5.82 Å². The Kier molecular flexibility index (Phi) is 3.62. The maximum absolute atomic E-state index is 6.08. The second kappa shape index (κ2) is 5.43. The molecule has 0 saturated heterocycles. The van der Waals surface area contributed by atoms with E-state index >= 15 is 0 Å². The molecule has 0 unspecified atom stereocenters. The van der Waals surface area contributed by atoms with Crippen LogP contribution in [0.1, 0.15) is 5.56 Å². The number of nitrogens with two attached hydrogens (primary N) is 1. The van der Waals surface area contributed by atoms with Crippen molar-refractivity contribution in [2.75, 3.05) is 5.73 Å². The SMILES string of the molecule is Cc1ccc(Cl)cc1-c1onc(N)c1-c1ccc(Cl)cc1. The summed E-state index contributed by atoms with van der Waals surface area (Å²) in [5, 5.41) is 5.18. The van der Waals surface area contributed by atoms with E-state index in [-0.39, 0.29) is 0 Å². The highest BCUT2D eigenvalue weighted by Crippen LogP contribution is 2.39. The number of nitrogen functional groups attached to an aromatic ring is 1. The molecule has 0 radical (unpaired) electrons. The minimum absolute atomic E-state index is 0.340. The van der Waals surface area contributed by atoms with Crippen LogP contribution in [0.15, 0.2) is 47.0 Å². The molecule has 1 aromatic heterocycles. The van der Waals surface area contributed by atoms with Gasteiger partial charge in [-0.2, -0.15) is 0 Å². The highest BCUT2D eigenvalue weighted by atomic mass is 35.5. The fourth-order valence-corrected chi connectivity index (χ4v) is 2.52. The molecule has 0 aliphatic carbocycles. The van der Waals surface area contributed by atoms with E-state index in [9.17, 15) is 0 Å². The molecule has 0 atom stereocenters. The molecule has 3 aromatic rings. The minimum atomic E-state index is 0.340. The normalized spacial score (nSPS) is 10.8. The number of halogens is 2. The van der Waals surface area contributed by atoms with E-state index in [0.717, 1.165) is 22.3 Å². The monoisotopic (exact) mass is 318 g/mol. The van der Waals surface area contributed by atoms with Gasteiger partial charge in [-0.25, -0.2) is 0 Å². The standard InChI is InChI=1S/C16H12Cl2N2O/c1-9-2-5-12(18)8-13(9)15-14(16(19)20-21-15)10-3-6-11(17)7-4-10/h2-8H,1H3,(H2,19,20). The number of benzene rings is 2. The van der Waals surface area contributed by atoms with E-state index in [1.54, 1.807) is 12.1 Å². The molecule has 0 aliphatic rings. The topological polar surface area (TPSA) is 52.0 Å². The maximum atomic E-state index is 6.08. The number of hydrogen-bond acceptors (Lipinski definition) is 3. The van der Waals surface area contributed by atoms with Crippen LogP contribution in [0.25, 0.3) is 22.5 Å². The number of hydrogen-bond donors (Lipinski definition) is 1. The lowest BCUT2D eigenvalue weighted by Crippen LogP contribution is -1.90. The largest absolute Gasteiger partial charge is 0.380 e. The average Bonchev–Trinajstić information content (AvgIpc) is 2.84. The minimum Gasteiger partial charge on any atom is -0.380 e. The Bertz CT molecular complexity index is 795. The van der Waals surface area contributed by atoms with Gasteiger partial charge < -0.3 is 10.3 Å². The second-order valence-corrected chi connectivity index (χ2v) is 5.61. The van der Waals surface area contributed by atoms with Gasteiger partial charge in [0.25, 0.3) is 0 Å². The summed E-state index contributed by atoms with van der Waals surface area (Å²) in [5.41, 5.74) is 9.51. The van der Waals surface area contributed by atoms with Crippen molar-refractivity contribution in [1.29, 1.82) is 0 Å². The Morgan fingerprint density at radius 2 is 1.67 bits per heavy atom. The smallest absolute Gasteiger partial charge is 0.177 e. The van der Waals surface area contributed by atoms with Gasteiger partial charge in [0.1, 0.15) is 0 Å². The van der Waals surface area contributed by atoms with Crippen molar-refractivity contribution >= 4 is 29.0 Å². The van der Waals surface area contributed by atoms with Crippen LogP contribution in [0.5, 0.6) is 0 Å². The predicted octanol–water partition coefficient (Wildman–Crippen LogP) is 5.21. The molecule has 0 fully saturated rings. The summed E-state index contributed by atoms with van der Waals surface area (Å²) in [7, 11) is 0. The van der Waals surface area contributed by atoms with Crippen LogP contribution in [0, 0.1) is 6.92 Å². The third kappa shape index (κ3) is 2.62. The number of aryl methyl sites for hydroxylation is 1. The molecule has 5 heteroatoms. The number of anilines is 1. The van der Waals surface area contributed by atoms with Crippen molar-refractivity contribution in [2.24, 2.45) is 0 Å². The molecule has 0 spiro atoms. The van der Waals surface area contributed by atoms with E-state index in [4.69, 9.17) is 33.5 Å². The molecule has 0 amide bonds. The van der Waals surface area contributed by atoms with Crippen molar-refractivity contribution < 1.29 is 4.52 Å². The van der Waals surface area contributed by atoms with Gasteiger partial charge in [0.15, 0.2) is 11.6 Å². The van der Waals surface area contributed by atoms with Gasteiger partial charge in [0.2, 0.25) is 0 Å². The number of nitrogens with zero attached hydrogens (tertiary/aromatic N) is 1. The zero-order valence-electron chi connectivity index (χ0n) is 11.2. The number of rotatable bonds is 2. The lowest BCUT2D eigenvalue weighted by Gasteiger charge is -2.06. The molecular weight excluding hydrogens is 307 g/mol. The van der Waals surface area contributed by atoms with E-state index < -0.39 is 0 Å². The number of aromatic nitrogens is 1. The zero-order chi connectivity index (χ0) is 15.0. The van der Waals surface area contributed by atoms with Crippen molar-refractivity contribution in [3.63, 3.8) is 0 Å². The quantitative estimate of drug-likeness (QED) is 0.706. The lowest BCUT2D eigenvalue weighted by atomic mass is 9.99. The molecule has 2 aromatic carbocycles. The molecule has 21 heavy (non-hydrogen) atoms. The molecule has 2 N–H and O–H groups in total. The molecule has 0 aliphatic heterocycles. The van der Waals surface area contributed by atoms with Gasteiger partial charge in [-0.1, -0.05) is 46.6 Å². The van der Waals surface area contributed by atoms with Crippen molar-refractivity contribution in [1.82, 2.24) is 5.16 Å². The predicted molar refractivity (Wildman–Crippen MR) is 86.5 cm³/mol. The van der Waals surface area contributed by atoms with Crippen LogP contribution >= 0.6 is 23.2 Å². The highest BCUT2D eigenvalue weighted by Gasteiger charge is 2.19. The summed E-state index contributed by atoms with van der Waals surface area (Å²) in [5.74, 6) is 0.946. The summed E-state index contributed by atoms with van der Waals surface area (Å²) in [6.07, 6.45) is 0. The van der Waals surface area contributed by atoms with E-state index in [2.05, 4.69) is 5.16 Å². The average molecular weight is 319 g/mol. The maximum Gasteiger partial charge on any atom is 0.177 e. The van der Waals surface area contributed by atoms with Gasteiger partial charge in [0.05, 0.1) is 5.56 Å². The Morgan fingerprint density at radius 1 is 1.00 bits per heavy atom. The van der Waals surface area contributed by atoms with Crippen molar-refractivity contribution in [3.8, 4) is 22.5 Å². The van der Waals surface area contributed by atoms with E-state index in [0.29, 0.717) is 21.6 Å². The molecule has 106 valence electrons. The van der Waals surface area contributed by atoms with Gasteiger partial charge in [0, 0.05) is 15.6 Å². The Balaban J connectivity index is 2.21. The van der Waals surface area contributed by atoms with Gasteiger partial charge >= 0.3 is 0 Å². The summed E-state index contributed by atoms with van der Waals surface area (Å²) in [6, 6.07) is 13.0. The van der Waals surface area contributed by atoms with E-state index in [1.165, 1.54) is 0 Å². The molecule has 1 heterocycles. The van der Waals surface area contributed by atoms with Crippen LogP contribution in [-0.4, -0.2) is 5.16 Å². The van der Waals surface area contributed by atoms with Crippen LogP contribution in [0.2, 0.25) is 10.0 Å². The highest BCUT2D eigenvalue weighted by molar-refractivity contribution is 6.31. The third-order valence-electron chi connectivity index (χ3n) is 3.30. The zero-order valence-corrected chi connectivity index (χ0v) is 12.7. The first-order chi connectivity index (χ1) is 10.1. The fraction of sp³-hybridized carbons (Fsp3) is 0.0625. The summed E-state index contributed by atoms with van der Waals surface area (Å²) in [4.78, 5) is 0. The summed E-state index contributed by atoms with van der Waals surface area (Å²) < 4.78 is 5.44. The first-order valence-corrected chi connectivity index (χ1v) is 7.09. The molecule has 3 nitrogen and oxygen atoms in total. The van der Waals surface area contributed by atoms with Crippen molar-refractivity contribution in [3.05, 3.63) is 58.1 Å². The van der Waals surface area contributed by atoms with Crippen molar-refractivity contribution in [2.45, 2.75) is 6.92 Å². The Morgan fingerprint density at radius 3 is 2.38 bits per heavy atom. The van der Waals surface area contributed by atoms with Gasteiger partial charge in [-0.15, -0.1) is 0 Å². The Hall–Kier alpha value is -1.97. The van der Waals surface area contributed by atoms with Gasteiger partial charge in [-0.05, 0) is 42.3 Å². The molecule has 3 rings (SSSR count). The third-order valence-corrected chi connectivity index (χ3v) is 3.78. The summed E-state index contributed by atoms with van der Waals surface area (Å²) in [6.45, 7) is 1.98. The fourth-order valence-electron chi connectivity index (χ4n) is 2.22. The van der Waals surface area contributed by atoms with E-state index in [1.807, 2.05) is 37.3 Å². The van der Waals surface area contributed by atoms with Crippen LogP contribution in [0.3, 0.4) is 0 Å². The van der Waals surface area contributed by atoms with Crippen LogP contribution in [-0.2, 0) is 0 Å². The summed E-state index contributed by atoms with van der Waals surface area (Å²) >= 11 is 12.0. The molecule has 0 bridgehead atoms. The first kappa shape index (κ1) is 14.0.